The third kappa shape index (κ3) is 3.68. The second-order valence-corrected chi connectivity index (χ2v) is 7.58. The number of benzene rings is 2. The van der Waals surface area contributed by atoms with Crippen LogP contribution in [-0.2, 0) is 22.4 Å². The quantitative estimate of drug-likeness (QED) is 0.715. The summed E-state index contributed by atoms with van der Waals surface area (Å²) in [4.78, 5) is 38.9. The number of rotatable bonds is 6. The average molecular weight is 409 g/mol. The van der Waals surface area contributed by atoms with Crippen molar-refractivity contribution in [3.63, 3.8) is 0 Å². The van der Waals surface area contributed by atoms with Gasteiger partial charge in [0.2, 0.25) is 12.7 Å². The van der Waals surface area contributed by atoms with E-state index in [1.54, 1.807) is 25.1 Å². The third-order valence-corrected chi connectivity index (χ3v) is 5.31. The molecule has 0 saturated carbocycles. The Morgan fingerprint density at radius 3 is 2.73 bits per heavy atom. The van der Waals surface area contributed by atoms with Crippen LogP contribution in [0.5, 0.6) is 11.5 Å². The number of nitrogens with one attached hydrogen (secondary N) is 2. The second kappa shape index (κ2) is 7.70. The minimum absolute atomic E-state index is 0.162. The molecule has 30 heavy (non-hydrogen) atoms. The fourth-order valence-corrected chi connectivity index (χ4v) is 3.75. The maximum atomic E-state index is 13.0. The first-order chi connectivity index (χ1) is 14.4. The van der Waals surface area contributed by atoms with Gasteiger partial charge in [0.05, 0.1) is 0 Å². The van der Waals surface area contributed by atoms with E-state index in [0.717, 1.165) is 22.4 Å². The summed E-state index contributed by atoms with van der Waals surface area (Å²) >= 11 is 0. The summed E-state index contributed by atoms with van der Waals surface area (Å²) in [6, 6.07) is 12.3. The molecule has 8 heteroatoms. The first-order valence-electron chi connectivity index (χ1n) is 9.80. The van der Waals surface area contributed by atoms with E-state index in [-0.39, 0.29) is 19.8 Å². The zero-order valence-corrected chi connectivity index (χ0v) is 16.9. The van der Waals surface area contributed by atoms with Crippen LogP contribution < -0.4 is 20.1 Å². The van der Waals surface area contributed by atoms with Gasteiger partial charge >= 0.3 is 6.03 Å². The van der Waals surface area contributed by atoms with Gasteiger partial charge < -0.3 is 20.1 Å². The summed E-state index contributed by atoms with van der Waals surface area (Å²) in [6.45, 7) is 3.46. The fourth-order valence-electron chi connectivity index (χ4n) is 3.75. The lowest BCUT2D eigenvalue weighted by Gasteiger charge is -2.22. The summed E-state index contributed by atoms with van der Waals surface area (Å²) in [6.07, 6.45) is 1.03. The number of carbonyl (C=O) groups is 3. The summed E-state index contributed by atoms with van der Waals surface area (Å²) in [5, 5.41) is 5.51. The average Bonchev–Trinajstić information content (AvgIpc) is 3.26. The number of carbonyl (C=O) groups excluding carboxylic acids is 3. The molecule has 156 valence electrons. The third-order valence-electron chi connectivity index (χ3n) is 5.31. The summed E-state index contributed by atoms with van der Waals surface area (Å²) in [5.74, 6) is 0.394. The molecule has 2 N–H and O–H groups in total. The Hall–Kier alpha value is -3.55. The number of hydrogen-bond donors (Lipinski definition) is 2. The van der Waals surface area contributed by atoms with Gasteiger partial charge in [0.25, 0.3) is 5.91 Å². The summed E-state index contributed by atoms with van der Waals surface area (Å²) < 4.78 is 10.7. The highest BCUT2D eigenvalue weighted by molar-refractivity contribution is 6.10. The topological polar surface area (TPSA) is 97.0 Å². The molecule has 0 spiro atoms. The minimum Gasteiger partial charge on any atom is -0.454 e. The van der Waals surface area contributed by atoms with E-state index in [2.05, 4.69) is 10.6 Å². The molecule has 2 aliphatic heterocycles. The number of ether oxygens (including phenoxy) is 2. The van der Waals surface area contributed by atoms with Gasteiger partial charge in [-0.2, -0.15) is 0 Å². The van der Waals surface area contributed by atoms with Crippen molar-refractivity contribution in [1.29, 1.82) is 0 Å². The minimum atomic E-state index is -1.15. The number of nitrogens with zero attached hydrogens (tertiary/aromatic N) is 1. The molecule has 1 saturated heterocycles. The van der Waals surface area contributed by atoms with Crippen molar-refractivity contribution >= 4 is 23.5 Å². The second-order valence-electron chi connectivity index (χ2n) is 7.58. The molecule has 0 bridgehead atoms. The predicted molar refractivity (Wildman–Crippen MR) is 109 cm³/mol. The van der Waals surface area contributed by atoms with Crippen molar-refractivity contribution in [3.05, 3.63) is 53.6 Å². The van der Waals surface area contributed by atoms with Gasteiger partial charge in [-0.1, -0.05) is 31.2 Å². The molecule has 1 fully saturated rings. The van der Waals surface area contributed by atoms with Gasteiger partial charge in [-0.15, -0.1) is 0 Å². The number of para-hydroxylation sites is 1. The lowest BCUT2D eigenvalue weighted by Crippen LogP contribution is -2.46. The molecule has 2 heterocycles. The molecular formula is C22H23N3O5. The number of urea groups is 1. The van der Waals surface area contributed by atoms with Crippen LogP contribution in [0.25, 0.3) is 0 Å². The monoisotopic (exact) mass is 409 g/mol. The van der Waals surface area contributed by atoms with Gasteiger partial charge in [0.15, 0.2) is 11.5 Å². The van der Waals surface area contributed by atoms with Crippen LogP contribution in [0.1, 0.15) is 25.0 Å². The van der Waals surface area contributed by atoms with E-state index in [1.165, 1.54) is 0 Å². The van der Waals surface area contributed by atoms with Crippen molar-refractivity contribution < 1.29 is 23.9 Å². The standard InChI is InChI=1S/C22H23N3O5/c1-3-15-6-4-5-7-16(15)23-19(26)12-25-20(27)22(2,24-21(25)28)11-14-8-9-17-18(10-14)30-13-29-17/h4-10H,3,11-13H2,1-2H3,(H,23,26)(H,24,28). The Bertz CT molecular complexity index is 1020. The first kappa shape index (κ1) is 19.8. The molecule has 0 radical (unpaired) electrons. The lowest BCUT2D eigenvalue weighted by molar-refractivity contribution is -0.133. The van der Waals surface area contributed by atoms with Crippen molar-refractivity contribution in [2.75, 3.05) is 18.7 Å². The van der Waals surface area contributed by atoms with Gasteiger partial charge in [0.1, 0.15) is 12.1 Å². The Balaban J connectivity index is 1.44. The maximum absolute atomic E-state index is 13.0. The number of aryl methyl sites for hydroxylation is 1. The van der Waals surface area contributed by atoms with E-state index >= 15 is 0 Å². The Morgan fingerprint density at radius 2 is 1.93 bits per heavy atom. The molecule has 4 amide bonds. The number of amides is 4. The normalized spacial score (nSPS) is 19.7. The molecule has 8 nitrogen and oxygen atoms in total. The maximum Gasteiger partial charge on any atom is 0.325 e. The predicted octanol–water partition coefficient (Wildman–Crippen LogP) is 2.47. The Labute approximate surface area is 174 Å². The van der Waals surface area contributed by atoms with Gasteiger partial charge in [-0.05, 0) is 42.7 Å². The SMILES string of the molecule is CCc1ccccc1NC(=O)CN1C(=O)NC(C)(Cc2ccc3c(c2)OCO3)C1=O. The molecule has 0 aromatic heterocycles. The molecule has 2 aromatic rings. The first-order valence-corrected chi connectivity index (χ1v) is 9.80. The number of hydrogen-bond acceptors (Lipinski definition) is 5. The van der Waals surface area contributed by atoms with Gasteiger partial charge in [0, 0.05) is 12.1 Å². The Kier molecular flexibility index (Phi) is 5.07. The molecule has 4 rings (SSSR count). The molecule has 1 unspecified atom stereocenters. The van der Waals surface area contributed by atoms with Crippen LogP contribution in [0.2, 0.25) is 0 Å². The van der Waals surface area contributed by atoms with Crippen molar-refractivity contribution in [2.45, 2.75) is 32.2 Å². The smallest absolute Gasteiger partial charge is 0.325 e. The molecule has 0 aliphatic carbocycles. The molecule has 1 atom stereocenters. The lowest BCUT2D eigenvalue weighted by atomic mass is 9.92. The van der Waals surface area contributed by atoms with E-state index in [4.69, 9.17) is 9.47 Å². The highest BCUT2D eigenvalue weighted by Crippen LogP contribution is 2.34. The molecular weight excluding hydrogens is 386 g/mol. The van der Waals surface area contributed by atoms with Crippen LogP contribution in [0.3, 0.4) is 0 Å². The highest BCUT2D eigenvalue weighted by Gasteiger charge is 2.48. The van der Waals surface area contributed by atoms with E-state index in [1.807, 2.05) is 31.2 Å². The van der Waals surface area contributed by atoms with Crippen molar-refractivity contribution in [2.24, 2.45) is 0 Å². The number of anilines is 1. The van der Waals surface area contributed by atoms with E-state index in [0.29, 0.717) is 17.2 Å². The fraction of sp³-hybridized carbons (Fsp3) is 0.318. The van der Waals surface area contributed by atoms with Crippen molar-refractivity contribution in [1.82, 2.24) is 10.2 Å². The molecule has 2 aliphatic rings. The summed E-state index contributed by atoms with van der Waals surface area (Å²) in [7, 11) is 0. The van der Waals surface area contributed by atoms with Crippen LogP contribution in [0.15, 0.2) is 42.5 Å². The van der Waals surface area contributed by atoms with Gasteiger partial charge in [-0.25, -0.2) is 4.79 Å². The van der Waals surface area contributed by atoms with Crippen LogP contribution >= 0.6 is 0 Å². The van der Waals surface area contributed by atoms with E-state index < -0.39 is 23.4 Å². The zero-order chi connectivity index (χ0) is 21.3. The number of fused-ring (bicyclic) bond motifs is 1. The van der Waals surface area contributed by atoms with Gasteiger partial charge in [-0.3, -0.25) is 14.5 Å². The van der Waals surface area contributed by atoms with Crippen LogP contribution in [-0.4, -0.2) is 41.6 Å². The highest BCUT2D eigenvalue weighted by atomic mass is 16.7. The summed E-state index contributed by atoms with van der Waals surface area (Å²) in [5.41, 5.74) is 1.33. The zero-order valence-electron chi connectivity index (χ0n) is 16.9. The van der Waals surface area contributed by atoms with Crippen molar-refractivity contribution in [3.8, 4) is 11.5 Å². The van der Waals surface area contributed by atoms with Crippen LogP contribution in [0, 0.1) is 0 Å². The largest absolute Gasteiger partial charge is 0.454 e. The van der Waals surface area contributed by atoms with Crippen LogP contribution in [0.4, 0.5) is 10.5 Å². The Morgan fingerprint density at radius 1 is 1.17 bits per heavy atom. The number of imide groups is 1. The van der Waals surface area contributed by atoms with E-state index in [9.17, 15) is 14.4 Å². The molecule has 2 aromatic carbocycles.